The van der Waals surface area contributed by atoms with Crippen molar-refractivity contribution in [3.63, 3.8) is 0 Å². The van der Waals surface area contributed by atoms with Crippen molar-refractivity contribution in [3.05, 3.63) is 45.1 Å². The van der Waals surface area contributed by atoms with E-state index in [0.717, 1.165) is 6.42 Å². The third kappa shape index (κ3) is 3.43. The fourth-order valence-corrected chi connectivity index (χ4v) is 2.65. The van der Waals surface area contributed by atoms with Gasteiger partial charge in [0.25, 0.3) is 0 Å². The van der Waals surface area contributed by atoms with E-state index in [-0.39, 0.29) is 10.6 Å². The molecule has 1 N–H and O–H groups in total. The first-order valence-electron chi connectivity index (χ1n) is 5.88. The van der Waals surface area contributed by atoms with Crippen LogP contribution in [0.4, 0.5) is 0 Å². The van der Waals surface area contributed by atoms with E-state index < -0.39 is 5.97 Å². The lowest BCUT2D eigenvalue weighted by atomic mass is 10.2. The number of methoxy groups -OCH3 is 1. The Morgan fingerprint density at radius 1 is 1.45 bits per heavy atom. The summed E-state index contributed by atoms with van der Waals surface area (Å²) in [7, 11) is 1.45. The third-order valence-electron chi connectivity index (χ3n) is 2.65. The van der Waals surface area contributed by atoms with E-state index in [1.54, 1.807) is 11.3 Å². The van der Waals surface area contributed by atoms with Gasteiger partial charge in [-0.3, -0.25) is 0 Å². The van der Waals surface area contributed by atoms with Crippen molar-refractivity contribution in [2.45, 2.75) is 6.42 Å². The predicted octanol–water partition coefficient (Wildman–Crippen LogP) is 3.73. The van der Waals surface area contributed by atoms with Gasteiger partial charge in [0.1, 0.15) is 0 Å². The molecule has 6 heteroatoms. The van der Waals surface area contributed by atoms with Crippen LogP contribution in [0.25, 0.3) is 0 Å². The summed E-state index contributed by atoms with van der Waals surface area (Å²) in [6, 6.07) is 6.76. The molecular weight excluding hydrogens is 300 g/mol. The van der Waals surface area contributed by atoms with Crippen molar-refractivity contribution < 1.29 is 19.4 Å². The Morgan fingerprint density at radius 2 is 2.25 bits per heavy atom. The zero-order chi connectivity index (χ0) is 14.5. The SMILES string of the molecule is COc1cc(C(=O)O)cc(Cl)c1OCCc1cccs1. The molecule has 0 amide bonds. The van der Waals surface area contributed by atoms with Crippen LogP contribution in [-0.2, 0) is 6.42 Å². The molecule has 0 atom stereocenters. The summed E-state index contributed by atoms with van der Waals surface area (Å²) < 4.78 is 10.8. The molecule has 1 aromatic heterocycles. The van der Waals surface area contributed by atoms with E-state index in [2.05, 4.69) is 0 Å². The lowest BCUT2D eigenvalue weighted by molar-refractivity contribution is 0.0696. The second-order valence-electron chi connectivity index (χ2n) is 3.97. The molecule has 1 aromatic carbocycles. The maximum atomic E-state index is 10.9. The van der Waals surface area contributed by atoms with E-state index in [9.17, 15) is 4.79 Å². The van der Waals surface area contributed by atoms with Gasteiger partial charge in [-0.2, -0.15) is 0 Å². The summed E-state index contributed by atoms with van der Waals surface area (Å²) in [5.41, 5.74) is 0.0671. The number of ether oxygens (including phenoxy) is 2. The summed E-state index contributed by atoms with van der Waals surface area (Å²) in [5, 5.41) is 11.2. The highest BCUT2D eigenvalue weighted by Crippen LogP contribution is 2.36. The average molecular weight is 313 g/mol. The normalized spacial score (nSPS) is 10.3. The number of carboxylic acids is 1. The number of halogens is 1. The van der Waals surface area contributed by atoms with Gasteiger partial charge < -0.3 is 14.6 Å². The summed E-state index contributed by atoms with van der Waals surface area (Å²) in [6.45, 7) is 0.447. The number of benzene rings is 1. The van der Waals surface area contributed by atoms with Crippen LogP contribution in [-0.4, -0.2) is 24.8 Å². The summed E-state index contributed by atoms with van der Waals surface area (Å²) in [6.07, 6.45) is 0.762. The molecule has 1 heterocycles. The molecule has 0 aliphatic carbocycles. The molecule has 0 spiro atoms. The van der Waals surface area contributed by atoms with Gasteiger partial charge in [-0.05, 0) is 23.6 Å². The van der Waals surface area contributed by atoms with E-state index >= 15 is 0 Å². The van der Waals surface area contributed by atoms with E-state index in [0.29, 0.717) is 18.1 Å². The molecule has 0 fully saturated rings. The number of rotatable bonds is 6. The molecule has 0 radical (unpaired) electrons. The first-order valence-corrected chi connectivity index (χ1v) is 7.13. The van der Waals surface area contributed by atoms with E-state index in [1.807, 2.05) is 17.5 Å². The summed E-state index contributed by atoms with van der Waals surface area (Å²) >= 11 is 7.71. The quantitative estimate of drug-likeness (QED) is 0.883. The Bertz CT molecular complexity index is 595. The maximum Gasteiger partial charge on any atom is 0.335 e. The minimum Gasteiger partial charge on any atom is -0.493 e. The number of hydrogen-bond acceptors (Lipinski definition) is 4. The maximum absolute atomic E-state index is 10.9. The van der Waals surface area contributed by atoms with Gasteiger partial charge in [-0.25, -0.2) is 4.79 Å². The smallest absolute Gasteiger partial charge is 0.335 e. The zero-order valence-corrected chi connectivity index (χ0v) is 12.3. The monoisotopic (exact) mass is 312 g/mol. The van der Waals surface area contributed by atoms with Crippen LogP contribution in [0.2, 0.25) is 5.02 Å². The summed E-state index contributed by atoms with van der Waals surface area (Å²) in [4.78, 5) is 12.2. The van der Waals surface area contributed by atoms with Gasteiger partial charge in [-0.15, -0.1) is 11.3 Å². The van der Waals surface area contributed by atoms with Crippen LogP contribution in [0.3, 0.4) is 0 Å². The molecule has 0 unspecified atom stereocenters. The van der Waals surface area contributed by atoms with Crippen LogP contribution in [0.5, 0.6) is 11.5 Å². The first-order chi connectivity index (χ1) is 9.61. The Hall–Kier alpha value is -1.72. The molecular formula is C14H13ClO4S. The van der Waals surface area contributed by atoms with Crippen LogP contribution in [0.15, 0.2) is 29.6 Å². The largest absolute Gasteiger partial charge is 0.493 e. The lowest BCUT2D eigenvalue weighted by Crippen LogP contribution is -2.04. The average Bonchev–Trinajstić information content (AvgIpc) is 2.93. The van der Waals surface area contributed by atoms with Crippen LogP contribution >= 0.6 is 22.9 Å². The van der Waals surface area contributed by atoms with Gasteiger partial charge in [-0.1, -0.05) is 17.7 Å². The highest BCUT2D eigenvalue weighted by molar-refractivity contribution is 7.09. The first kappa shape index (κ1) is 14.7. The number of aromatic carboxylic acids is 1. The van der Waals surface area contributed by atoms with Crippen LogP contribution < -0.4 is 9.47 Å². The second kappa shape index (κ2) is 6.63. The second-order valence-corrected chi connectivity index (χ2v) is 5.41. The molecule has 2 aromatic rings. The van der Waals surface area contributed by atoms with E-state index in [1.165, 1.54) is 24.1 Å². The van der Waals surface area contributed by atoms with Crippen molar-refractivity contribution in [3.8, 4) is 11.5 Å². The zero-order valence-electron chi connectivity index (χ0n) is 10.8. The molecule has 20 heavy (non-hydrogen) atoms. The number of hydrogen-bond donors (Lipinski definition) is 1. The summed E-state index contributed by atoms with van der Waals surface area (Å²) in [5.74, 6) is -0.368. The van der Waals surface area contributed by atoms with Gasteiger partial charge >= 0.3 is 5.97 Å². The third-order valence-corrected chi connectivity index (χ3v) is 3.87. The Balaban J connectivity index is 2.12. The number of carbonyl (C=O) groups is 1. The van der Waals surface area contributed by atoms with Crippen molar-refractivity contribution >= 4 is 28.9 Å². The number of carboxylic acid groups (broad SMARTS) is 1. The molecule has 0 aliphatic rings. The lowest BCUT2D eigenvalue weighted by Gasteiger charge is -2.12. The molecule has 4 nitrogen and oxygen atoms in total. The van der Waals surface area contributed by atoms with Gasteiger partial charge in [0.15, 0.2) is 11.5 Å². The fraction of sp³-hybridized carbons (Fsp3) is 0.214. The Morgan fingerprint density at radius 3 is 2.85 bits per heavy atom. The Kier molecular flexibility index (Phi) is 4.87. The van der Waals surface area contributed by atoms with Crippen molar-refractivity contribution in [1.82, 2.24) is 0 Å². The molecule has 0 bridgehead atoms. The highest BCUT2D eigenvalue weighted by atomic mass is 35.5. The molecule has 0 aliphatic heterocycles. The molecule has 2 rings (SSSR count). The van der Waals surface area contributed by atoms with Gasteiger partial charge in [0.05, 0.1) is 24.3 Å². The van der Waals surface area contributed by atoms with Crippen LogP contribution in [0, 0.1) is 0 Å². The Labute approximate surface area is 125 Å². The molecule has 0 saturated heterocycles. The van der Waals surface area contributed by atoms with Gasteiger partial charge in [0.2, 0.25) is 0 Å². The van der Waals surface area contributed by atoms with Crippen molar-refractivity contribution in [1.29, 1.82) is 0 Å². The van der Waals surface area contributed by atoms with Crippen LogP contribution in [0.1, 0.15) is 15.2 Å². The minimum absolute atomic E-state index is 0.0671. The van der Waals surface area contributed by atoms with Crippen molar-refractivity contribution in [2.24, 2.45) is 0 Å². The van der Waals surface area contributed by atoms with Crippen molar-refractivity contribution in [2.75, 3.05) is 13.7 Å². The highest BCUT2D eigenvalue weighted by Gasteiger charge is 2.15. The predicted molar refractivity (Wildman–Crippen MR) is 78.5 cm³/mol. The molecule has 0 saturated carbocycles. The minimum atomic E-state index is -1.06. The fourth-order valence-electron chi connectivity index (χ4n) is 1.69. The standard InChI is InChI=1S/C14H13ClO4S/c1-18-12-8-9(14(16)17)7-11(15)13(12)19-5-4-10-3-2-6-20-10/h2-3,6-8H,4-5H2,1H3,(H,16,17). The van der Waals surface area contributed by atoms with E-state index in [4.69, 9.17) is 26.2 Å². The number of thiophene rings is 1. The molecule has 106 valence electrons. The van der Waals surface area contributed by atoms with Gasteiger partial charge in [0, 0.05) is 11.3 Å². The topological polar surface area (TPSA) is 55.8 Å².